The lowest BCUT2D eigenvalue weighted by molar-refractivity contribution is -0.127. The third-order valence-corrected chi connectivity index (χ3v) is 5.40. The van der Waals surface area contributed by atoms with Crippen molar-refractivity contribution in [2.75, 3.05) is 73.2 Å². The lowest BCUT2D eigenvalue weighted by Crippen LogP contribution is -2.47. The SMILES string of the molecule is CN(C)C(=O)CN=C(NCC1CCCO1)N1CCC(N2CCOCC2)C1. The van der Waals surface area contributed by atoms with Gasteiger partial charge in [-0.15, -0.1) is 0 Å². The van der Waals surface area contributed by atoms with Crippen molar-refractivity contribution in [2.45, 2.75) is 31.4 Å². The molecule has 1 N–H and O–H groups in total. The number of ether oxygens (including phenoxy) is 2. The zero-order valence-electron chi connectivity index (χ0n) is 16.2. The maximum atomic E-state index is 12.0. The molecule has 0 aromatic carbocycles. The van der Waals surface area contributed by atoms with Gasteiger partial charge in [-0.2, -0.15) is 0 Å². The first-order valence-corrected chi connectivity index (χ1v) is 9.80. The van der Waals surface area contributed by atoms with Crippen LogP contribution < -0.4 is 5.32 Å². The van der Waals surface area contributed by atoms with Crippen LogP contribution >= 0.6 is 0 Å². The second kappa shape index (κ2) is 9.53. The lowest BCUT2D eigenvalue weighted by Gasteiger charge is -2.32. The third-order valence-electron chi connectivity index (χ3n) is 5.40. The first-order valence-electron chi connectivity index (χ1n) is 9.80. The minimum Gasteiger partial charge on any atom is -0.379 e. The van der Waals surface area contributed by atoms with E-state index in [2.05, 4.69) is 20.1 Å². The molecule has 148 valence electrons. The molecule has 0 saturated carbocycles. The van der Waals surface area contributed by atoms with Gasteiger partial charge in [0.1, 0.15) is 6.54 Å². The molecule has 3 saturated heterocycles. The minimum atomic E-state index is 0.0188. The number of nitrogens with one attached hydrogen (secondary N) is 1. The van der Waals surface area contributed by atoms with E-state index >= 15 is 0 Å². The summed E-state index contributed by atoms with van der Waals surface area (Å²) < 4.78 is 11.2. The maximum Gasteiger partial charge on any atom is 0.243 e. The monoisotopic (exact) mass is 367 g/mol. The predicted molar refractivity (Wildman–Crippen MR) is 100 cm³/mol. The van der Waals surface area contributed by atoms with Crippen LogP contribution in [0.3, 0.4) is 0 Å². The van der Waals surface area contributed by atoms with Crippen LogP contribution in [0.5, 0.6) is 0 Å². The van der Waals surface area contributed by atoms with E-state index in [4.69, 9.17) is 9.47 Å². The third kappa shape index (κ3) is 5.31. The Bertz CT molecular complexity index is 487. The van der Waals surface area contributed by atoms with Crippen molar-refractivity contribution in [3.63, 3.8) is 0 Å². The van der Waals surface area contributed by atoms with Crippen molar-refractivity contribution in [3.05, 3.63) is 0 Å². The Balaban J connectivity index is 1.58. The molecule has 3 heterocycles. The van der Waals surface area contributed by atoms with Crippen molar-refractivity contribution in [2.24, 2.45) is 4.99 Å². The Hall–Kier alpha value is -1.38. The van der Waals surface area contributed by atoms with E-state index in [1.54, 1.807) is 19.0 Å². The zero-order chi connectivity index (χ0) is 18.4. The van der Waals surface area contributed by atoms with Crippen LogP contribution in [0.2, 0.25) is 0 Å². The van der Waals surface area contributed by atoms with E-state index in [0.717, 1.165) is 77.8 Å². The normalized spacial score (nSPS) is 27.8. The summed E-state index contributed by atoms with van der Waals surface area (Å²) in [7, 11) is 3.53. The molecule has 1 amide bonds. The molecule has 3 fully saturated rings. The molecule has 3 rings (SSSR count). The first-order chi connectivity index (χ1) is 12.6. The van der Waals surface area contributed by atoms with Crippen molar-refractivity contribution < 1.29 is 14.3 Å². The molecule has 8 heteroatoms. The van der Waals surface area contributed by atoms with E-state index < -0.39 is 0 Å². The summed E-state index contributed by atoms with van der Waals surface area (Å²) in [5.74, 6) is 0.858. The van der Waals surface area contributed by atoms with Gasteiger partial charge >= 0.3 is 0 Å². The van der Waals surface area contributed by atoms with Gasteiger partial charge in [0, 0.05) is 59.5 Å². The van der Waals surface area contributed by atoms with Gasteiger partial charge in [-0.3, -0.25) is 9.69 Å². The fraction of sp³-hybridized carbons (Fsp3) is 0.889. The van der Waals surface area contributed by atoms with Crippen LogP contribution in [-0.2, 0) is 14.3 Å². The minimum absolute atomic E-state index is 0.0188. The van der Waals surface area contributed by atoms with Crippen LogP contribution in [0.4, 0.5) is 0 Å². The van der Waals surface area contributed by atoms with Crippen LogP contribution in [0.1, 0.15) is 19.3 Å². The number of hydrogen-bond acceptors (Lipinski definition) is 5. The molecule has 0 aliphatic carbocycles. The quantitative estimate of drug-likeness (QED) is 0.527. The van der Waals surface area contributed by atoms with E-state index in [9.17, 15) is 4.79 Å². The largest absolute Gasteiger partial charge is 0.379 e. The first kappa shape index (κ1) is 19.4. The number of guanidine groups is 1. The van der Waals surface area contributed by atoms with Crippen molar-refractivity contribution >= 4 is 11.9 Å². The van der Waals surface area contributed by atoms with Gasteiger partial charge in [0.05, 0.1) is 19.3 Å². The predicted octanol–water partition coefficient (Wildman–Crippen LogP) is -0.394. The van der Waals surface area contributed by atoms with E-state index in [1.807, 2.05) is 0 Å². The molecule has 8 nitrogen and oxygen atoms in total. The smallest absolute Gasteiger partial charge is 0.243 e. The van der Waals surface area contributed by atoms with Gasteiger partial charge in [0.25, 0.3) is 0 Å². The maximum absolute atomic E-state index is 12.0. The Kier molecular flexibility index (Phi) is 7.10. The fourth-order valence-electron chi connectivity index (χ4n) is 3.74. The van der Waals surface area contributed by atoms with Crippen molar-refractivity contribution in [1.29, 1.82) is 0 Å². The summed E-state index contributed by atoms with van der Waals surface area (Å²) in [6.45, 7) is 7.37. The number of likely N-dealkylation sites (tertiary alicyclic amines) is 1. The summed E-state index contributed by atoms with van der Waals surface area (Å²) in [6, 6.07) is 0.540. The van der Waals surface area contributed by atoms with Gasteiger partial charge in [-0.1, -0.05) is 0 Å². The number of morpholine rings is 1. The van der Waals surface area contributed by atoms with Crippen molar-refractivity contribution in [1.82, 2.24) is 20.0 Å². The summed E-state index contributed by atoms with van der Waals surface area (Å²) in [6.07, 6.45) is 3.60. The second-order valence-corrected chi connectivity index (χ2v) is 7.48. The number of rotatable bonds is 5. The number of nitrogens with zero attached hydrogens (tertiary/aromatic N) is 4. The average Bonchev–Trinajstić information content (AvgIpc) is 3.34. The van der Waals surface area contributed by atoms with E-state index in [-0.39, 0.29) is 18.6 Å². The zero-order valence-corrected chi connectivity index (χ0v) is 16.2. The van der Waals surface area contributed by atoms with Gasteiger partial charge in [0.2, 0.25) is 5.91 Å². The van der Waals surface area contributed by atoms with Gasteiger partial charge in [0.15, 0.2) is 5.96 Å². The molecule has 3 aliphatic rings. The highest BCUT2D eigenvalue weighted by atomic mass is 16.5. The standard InChI is InChI=1S/C18H33N5O3/c1-21(2)17(24)13-20-18(19-12-16-4-3-9-26-16)23-6-5-15(14-23)22-7-10-25-11-8-22/h15-16H,3-14H2,1-2H3,(H,19,20). The number of carbonyl (C=O) groups is 1. The van der Waals surface area contributed by atoms with Crippen LogP contribution in [-0.4, -0.2) is 112 Å². The van der Waals surface area contributed by atoms with Crippen LogP contribution in [0.15, 0.2) is 4.99 Å². The number of aliphatic imine (C=N–C) groups is 1. The lowest BCUT2D eigenvalue weighted by atomic mass is 10.2. The molecule has 0 radical (unpaired) electrons. The molecule has 0 spiro atoms. The van der Waals surface area contributed by atoms with E-state index in [1.165, 1.54) is 0 Å². The highest BCUT2D eigenvalue weighted by Crippen LogP contribution is 2.17. The Morgan fingerprint density at radius 2 is 2.00 bits per heavy atom. The summed E-state index contributed by atoms with van der Waals surface area (Å²) in [4.78, 5) is 23.0. The highest BCUT2D eigenvalue weighted by Gasteiger charge is 2.30. The van der Waals surface area contributed by atoms with Crippen LogP contribution in [0, 0.1) is 0 Å². The van der Waals surface area contributed by atoms with Gasteiger partial charge < -0.3 is 24.6 Å². The molecule has 2 unspecified atom stereocenters. The Morgan fingerprint density at radius 3 is 2.69 bits per heavy atom. The molecule has 26 heavy (non-hydrogen) atoms. The number of amides is 1. The molecule has 0 aromatic heterocycles. The van der Waals surface area contributed by atoms with Gasteiger partial charge in [-0.05, 0) is 19.3 Å². The molecule has 0 bridgehead atoms. The fourth-order valence-corrected chi connectivity index (χ4v) is 3.74. The molecular weight excluding hydrogens is 334 g/mol. The molecule has 2 atom stereocenters. The Morgan fingerprint density at radius 1 is 1.19 bits per heavy atom. The Labute approximate surface area is 156 Å². The topological polar surface area (TPSA) is 69.6 Å². The summed E-state index contributed by atoms with van der Waals surface area (Å²) >= 11 is 0. The number of hydrogen-bond donors (Lipinski definition) is 1. The second-order valence-electron chi connectivity index (χ2n) is 7.48. The van der Waals surface area contributed by atoms with Crippen molar-refractivity contribution in [3.8, 4) is 0 Å². The number of likely N-dealkylation sites (N-methyl/N-ethyl adjacent to an activating group) is 1. The highest BCUT2D eigenvalue weighted by molar-refractivity contribution is 5.85. The van der Waals surface area contributed by atoms with Gasteiger partial charge in [-0.25, -0.2) is 4.99 Å². The number of carbonyl (C=O) groups excluding carboxylic acids is 1. The molecule has 3 aliphatic heterocycles. The summed E-state index contributed by atoms with van der Waals surface area (Å²) in [5, 5.41) is 3.46. The average molecular weight is 367 g/mol. The molecular formula is C18H33N5O3. The van der Waals surface area contributed by atoms with E-state index in [0.29, 0.717) is 6.04 Å². The summed E-state index contributed by atoms with van der Waals surface area (Å²) in [5.41, 5.74) is 0. The molecule has 0 aromatic rings. The van der Waals surface area contributed by atoms with Crippen LogP contribution in [0.25, 0.3) is 0 Å².